The van der Waals surface area contributed by atoms with E-state index in [0.29, 0.717) is 46.1 Å². The molecule has 0 amide bonds. The number of hydrogen-bond donors (Lipinski definition) is 1. The summed E-state index contributed by atoms with van der Waals surface area (Å²) in [4.78, 5) is 23.0. The number of phenols is 1. The molecule has 3 heterocycles. The Hall–Kier alpha value is -3.91. The number of aromatic hydroxyl groups is 1. The second kappa shape index (κ2) is 11.4. The summed E-state index contributed by atoms with van der Waals surface area (Å²) in [5.41, 5.74) is 2.08. The number of pyridine rings is 1. The molecule has 0 aliphatic carbocycles. The molecule has 0 radical (unpaired) electrons. The van der Waals surface area contributed by atoms with Crippen LogP contribution in [0.4, 0.5) is 10.2 Å². The van der Waals surface area contributed by atoms with Crippen molar-refractivity contribution in [2.24, 2.45) is 12.0 Å². The summed E-state index contributed by atoms with van der Waals surface area (Å²) in [6.45, 7) is 6.32. The summed E-state index contributed by atoms with van der Waals surface area (Å²) in [5, 5.41) is 11.4. The van der Waals surface area contributed by atoms with Crippen molar-refractivity contribution in [2.45, 2.75) is 20.3 Å². The topological polar surface area (TPSA) is 75.7 Å². The van der Waals surface area contributed by atoms with Crippen LogP contribution in [0.15, 0.2) is 70.8 Å². The third-order valence-electron chi connectivity index (χ3n) is 5.85. The first-order chi connectivity index (χ1) is 17.8. The summed E-state index contributed by atoms with van der Waals surface area (Å²) < 4.78 is 17.6. The standard InChI is InChI=1S/C25H21ClFN5O2.C3H8/c1-30-10-11-32(25(30)34)22-3-2-16(12-21(22)26)19-14-18(27)15-20(24(19)33)17-4-5-29-23(13-17)31-8-6-28-7-9-31;1-3-2/h2-6,10-15,33H,7-9H2,1H3;3H2,1-2H3. The highest BCUT2D eigenvalue weighted by molar-refractivity contribution is 6.32. The number of benzene rings is 2. The van der Waals surface area contributed by atoms with E-state index in [9.17, 15) is 14.3 Å². The van der Waals surface area contributed by atoms with E-state index < -0.39 is 5.82 Å². The fraction of sp³-hybridized carbons (Fsp3) is 0.250. The normalized spacial score (nSPS) is 12.8. The number of halogens is 2. The maximum Gasteiger partial charge on any atom is 0.332 e. The van der Waals surface area contributed by atoms with Gasteiger partial charge in [-0.15, -0.1) is 0 Å². The lowest BCUT2D eigenvalue weighted by atomic mass is 9.97. The lowest BCUT2D eigenvalue weighted by molar-refractivity contribution is 0.477. The third-order valence-corrected chi connectivity index (χ3v) is 6.15. The molecule has 1 aliphatic rings. The number of aryl methyl sites for hydroxylation is 1. The molecule has 0 saturated carbocycles. The van der Waals surface area contributed by atoms with Crippen molar-refractivity contribution in [1.29, 1.82) is 0 Å². The molecule has 0 bridgehead atoms. The molecular formula is C28H29ClFN5O2. The fourth-order valence-corrected chi connectivity index (χ4v) is 4.31. The Morgan fingerprint density at radius 1 is 1.05 bits per heavy atom. The maximum absolute atomic E-state index is 14.7. The van der Waals surface area contributed by atoms with Gasteiger partial charge in [-0.05, 0) is 47.5 Å². The van der Waals surface area contributed by atoms with Gasteiger partial charge in [0.05, 0.1) is 23.8 Å². The molecule has 0 unspecified atom stereocenters. The number of hydrogen-bond acceptors (Lipinski definition) is 5. The predicted molar refractivity (Wildman–Crippen MR) is 148 cm³/mol. The van der Waals surface area contributed by atoms with Crippen LogP contribution in [0.3, 0.4) is 0 Å². The van der Waals surface area contributed by atoms with Crippen LogP contribution < -0.4 is 10.6 Å². The van der Waals surface area contributed by atoms with Crippen LogP contribution in [0.2, 0.25) is 5.02 Å². The van der Waals surface area contributed by atoms with Gasteiger partial charge in [-0.25, -0.2) is 14.2 Å². The Morgan fingerprint density at radius 3 is 2.35 bits per heavy atom. The number of nitrogens with zero attached hydrogens (tertiary/aromatic N) is 5. The van der Waals surface area contributed by atoms with Crippen LogP contribution in [0.25, 0.3) is 27.9 Å². The molecule has 5 rings (SSSR count). The average molecular weight is 522 g/mol. The van der Waals surface area contributed by atoms with Gasteiger partial charge in [0.15, 0.2) is 0 Å². The first-order valence-electron chi connectivity index (χ1n) is 12.1. The fourth-order valence-electron chi connectivity index (χ4n) is 4.04. The zero-order chi connectivity index (χ0) is 26.5. The first kappa shape index (κ1) is 26.2. The molecule has 0 fully saturated rings. The SMILES string of the molecule is CCC.Cn1ccn(-c2ccc(-c3cc(F)cc(-c4ccnc(N5CC=NCC5)c4)c3O)cc2Cl)c1=O. The van der Waals surface area contributed by atoms with Crippen LogP contribution in [0.1, 0.15) is 20.3 Å². The number of aliphatic imine (C=N–C) groups is 1. The average Bonchev–Trinajstić information content (AvgIpc) is 3.24. The van der Waals surface area contributed by atoms with Gasteiger partial charge < -0.3 is 14.6 Å². The van der Waals surface area contributed by atoms with Crippen LogP contribution in [-0.2, 0) is 7.05 Å². The van der Waals surface area contributed by atoms with Crippen LogP contribution in [0, 0.1) is 5.82 Å². The molecular weight excluding hydrogens is 493 g/mol. The van der Waals surface area contributed by atoms with E-state index in [1.807, 2.05) is 12.3 Å². The van der Waals surface area contributed by atoms with Gasteiger partial charge in [0, 0.05) is 49.5 Å². The number of phenolic OH excluding ortho intramolecular Hbond substituents is 1. The second-order valence-electron chi connectivity index (χ2n) is 8.72. The van der Waals surface area contributed by atoms with Crippen molar-refractivity contribution < 1.29 is 9.50 Å². The van der Waals surface area contributed by atoms with Crippen molar-refractivity contribution in [2.75, 3.05) is 24.5 Å². The quantitative estimate of drug-likeness (QED) is 0.373. The molecule has 0 spiro atoms. The van der Waals surface area contributed by atoms with Crippen molar-refractivity contribution in [1.82, 2.24) is 14.1 Å². The molecule has 9 heteroatoms. The highest BCUT2D eigenvalue weighted by Gasteiger charge is 2.17. The first-order valence-corrected chi connectivity index (χ1v) is 12.5. The van der Waals surface area contributed by atoms with Gasteiger partial charge in [-0.2, -0.15) is 0 Å². The lowest BCUT2D eigenvalue weighted by Gasteiger charge is -2.24. The molecule has 7 nitrogen and oxygen atoms in total. The van der Waals surface area contributed by atoms with E-state index in [4.69, 9.17) is 11.6 Å². The number of imidazole rings is 1. The van der Waals surface area contributed by atoms with E-state index >= 15 is 0 Å². The van der Waals surface area contributed by atoms with Crippen molar-refractivity contribution in [3.8, 4) is 33.7 Å². The van der Waals surface area contributed by atoms with E-state index in [-0.39, 0.29) is 11.4 Å². The smallest absolute Gasteiger partial charge is 0.332 e. The van der Waals surface area contributed by atoms with Crippen molar-refractivity contribution in [3.05, 3.63) is 82.4 Å². The monoisotopic (exact) mass is 521 g/mol. The molecule has 4 aromatic rings. The minimum absolute atomic E-state index is 0.0700. The highest BCUT2D eigenvalue weighted by atomic mass is 35.5. The minimum atomic E-state index is -0.495. The molecule has 2 aromatic heterocycles. The van der Waals surface area contributed by atoms with Gasteiger partial charge in [0.2, 0.25) is 0 Å². The Kier molecular flexibility index (Phi) is 8.08. The second-order valence-corrected chi connectivity index (χ2v) is 9.13. The Balaban J connectivity index is 0.00000102. The number of aromatic nitrogens is 3. The zero-order valence-electron chi connectivity index (χ0n) is 21.0. The number of anilines is 1. The highest BCUT2D eigenvalue weighted by Crippen LogP contribution is 2.40. The summed E-state index contributed by atoms with van der Waals surface area (Å²) in [7, 11) is 1.65. The van der Waals surface area contributed by atoms with E-state index in [0.717, 1.165) is 12.4 Å². The molecule has 0 atom stereocenters. The van der Waals surface area contributed by atoms with Gasteiger partial charge in [-0.3, -0.25) is 9.56 Å². The van der Waals surface area contributed by atoms with Gasteiger partial charge in [-0.1, -0.05) is 37.9 Å². The van der Waals surface area contributed by atoms with Crippen LogP contribution in [0.5, 0.6) is 5.75 Å². The zero-order valence-corrected chi connectivity index (χ0v) is 21.8. The summed E-state index contributed by atoms with van der Waals surface area (Å²) in [5.74, 6) is 0.166. The van der Waals surface area contributed by atoms with Crippen LogP contribution >= 0.6 is 11.6 Å². The third kappa shape index (κ3) is 5.59. The lowest BCUT2D eigenvalue weighted by Crippen LogP contribution is -2.32. The summed E-state index contributed by atoms with van der Waals surface area (Å²) in [6, 6.07) is 11.1. The van der Waals surface area contributed by atoms with Gasteiger partial charge >= 0.3 is 5.69 Å². The Labute approximate surface area is 220 Å². The minimum Gasteiger partial charge on any atom is -0.507 e. The summed E-state index contributed by atoms with van der Waals surface area (Å²) in [6.07, 6.45) is 7.99. The van der Waals surface area contributed by atoms with Crippen LogP contribution in [-0.4, -0.2) is 45.1 Å². The van der Waals surface area contributed by atoms with Crippen molar-refractivity contribution in [3.63, 3.8) is 0 Å². The van der Waals surface area contributed by atoms with Gasteiger partial charge in [0.25, 0.3) is 0 Å². The van der Waals surface area contributed by atoms with E-state index in [2.05, 4.69) is 28.7 Å². The Morgan fingerprint density at radius 2 is 1.76 bits per heavy atom. The molecule has 192 valence electrons. The number of rotatable bonds is 4. The Bertz CT molecular complexity index is 1490. The molecule has 1 aliphatic heterocycles. The largest absolute Gasteiger partial charge is 0.507 e. The van der Waals surface area contributed by atoms with Crippen molar-refractivity contribution >= 4 is 23.6 Å². The van der Waals surface area contributed by atoms with E-state index in [1.54, 1.807) is 49.9 Å². The maximum atomic E-state index is 14.7. The molecule has 1 N–H and O–H groups in total. The molecule has 37 heavy (non-hydrogen) atoms. The van der Waals surface area contributed by atoms with Gasteiger partial charge in [0.1, 0.15) is 17.4 Å². The predicted octanol–water partition coefficient (Wildman–Crippen LogP) is 5.71. The molecule has 0 saturated heterocycles. The van der Waals surface area contributed by atoms with E-state index in [1.165, 1.54) is 27.7 Å². The molecule has 2 aromatic carbocycles. The summed E-state index contributed by atoms with van der Waals surface area (Å²) >= 11 is 6.48.